The molecular formula is C25H36INO2. The van der Waals surface area contributed by atoms with Gasteiger partial charge < -0.3 is 33.2 Å². The van der Waals surface area contributed by atoms with Gasteiger partial charge in [0.2, 0.25) is 0 Å². The predicted octanol–water partition coefficient (Wildman–Crippen LogP) is 2.21. The van der Waals surface area contributed by atoms with Crippen molar-refractivity contribution < 1.29 is 38.0 Å². The Morgan fingerprint density at radius 2 is 1.76 bits per heavy atom. The Kier molecular flexibility index (Phi) is 7.47. The van der Waals surface area contributed by atoms with Gasteiger partial charge in [0.25, 0.3) is 0 Å². The van der Waals surface area contributed by atoms with Crippen LogP contribution >= 0.6 is 0 Å². The Balaban J connectivity index is 0.00000240. The molecule has 2 bridgehead atoms. The molecule has 4 heteroatoms. The minimum Gasteiger partial charge on any atom is -1.00 e. The zero-order valence-corrected chi connectivity index (χ0v) is 20.3. The van der Waals surface area contributed by atoms with Crippen LogP contribution in [0.25, 0.3) is 5.57 Å². The topological polar surface area (TPSA) is 26.3 Å². The highest BCUT2D eigenvalue weighted by Crippen LogP contribution is 2.43. The van der Waals surface area contributed by atoms with E-state index in [0.717, 1.165) is 32.1 Å². The minimum atomic E-state index is -0.0905. The van der Waals surface area contributed by atoms with Crippen molar-refractivity contribution in [1.82, 2.24) is 0 Å². The first-order valence-electron chi connectivity index (χ1n) is 11.3. The molecule has 2 heterocycles. The molecule has 2 saturated heterocycles. The largest absolute Gasteiger partial charge is 1.00 e. The molecule has 3 aliphatic rings. The molecular weight excluding hydrogens is 473 g/mol. The first-order valence-corrected chi connectivity index (χ1v) is 11.3. The number of halogens is 1. The van der Waals surface area contributed by atoms with Gasteiger partial charge >= 0.3 is 5.97 Å². The highest BCUT2D eigenvalue weighted by Gasteiger charge is 2.52. The molecule has 2 aliphatic heterocycles. The molecule has 0 N–H and O–H groups in total. The average Bonchev–Trinajstić information content (AvgIpc) is 2.85. The third-order valence-corrected chi connectivity index (χ3v) is 7.44. The number of allylic oxidation sites excluding steroid dienone is 1. The van der Waals surface area contributed by atoms with E-state index < -0.39 is 0 Å². The van der Waals surface area contributed by atoms with Gasteiger partial charge in [-0.05, 0) is 30.4 Å². The number of rotatable bonds is 5. The fourth-order valence-corrected chi connectivity index (χ4v) is 6.19. The van der Waals surface area contributed by atoms with Crippen molar-refractivity contribution in [2.75, 3.05) is 13.6 Å². The lowest BCUT2D eigenvalue weighted by Crippen LogP contribution is -3.00. The van der Waals surface area contributed by atoms with Crippen LogP contribution in [-0.4, -0.2) is 42.2 Å². The molecule has 160 valence electrons. The van der Waals surface area contributed by atoms with Crippen LogP contribution in [0.15, 0.2) is 36.4 Å². The van der Waals surface area contributed by atoms with Crippen LogP contribution < -0.4 is 24.0 Å². The maximum absolute atomic E-state index is 13.2. The van der Waals surface area contributed by atoms with Crippen molar-refractivity contribution in [3.63, 3.8) is 0 Å². The molecule has 3 unspecified atom stereocenters. The molecule has 3 nitrogen and oxygen atoms in total. The smallest absolute Gasteiger partial charge is 0.313 e. The molecule has 4 rings (SSSR count). The van der Waals surface area contributed by atoms with E-state index in [1.165, 1.54) is 35.0 Å². The van der Waals surface area contributed by atoms with Crippen LogP contribution in [0.5, 0.6) is 0 Å². The number of benzene rings is 1. The number of carbonyl (C=O) groups excluding carboxylic acids is 1. The number of piperidine rings is 1. The van der Waals surface area contributed by atoms with E-state index in [9.17, 15) is 4.79 Å². The number of quaternary nitrogens is 1. The van der Waals surface area contributed by atoms with Gasteiger partial charge in [-0.2, -0.15) is 0 Å². The van der Waals surface area contributed by atoms with Gasteiger partial charge in [0.05, 0.1) is 31.6 Å². The summed E-state index contributed by atoms with van der Waals surface area (Å²) < 4.78 is 7.37. The summed E-state index contributed by atoms with van der Waals surface area (Å²) >= 11 is 0. The minimum absolute atomic E-state index is 0. The second kappa shape index (κ2) is 9.51. The monoisotopic (exact) mass is 509 g/mol. The number of nitrogens with zero attached hydrogens (tertiary/aromatic N) is 1. The molecule has 1 aliphatic carbocycles. The van der Waals surface area contributed by atoms with E-state index in [1.54, 1.807) is 0 Å². The lowest BCUT2D eigenvalue weighted by Gasteiger charge is -2.47. The molecule has 2 fully saturated rings. The number of carbonyl (C=O) groups is 1. The van der Waals surface area contributed by atoms with E-state index in [4.69, 9.17) is 4.74 Å². The Morgan fingerprint density at radius 1 is 1.10 bits per heavy atom. The van der Waals surface area contributed by atoms with Gasteiger partial charge in [0.15, 0.2) is 0 Å². The van der Waals surface area contributed by atoms with Crippen molar-refractivity contribution >= 4 is 11.5 Å². The lowest BCUT2D eigenvalue weighted by atomic mass is 9.83. The van der Waals surface area contributed by atoms with Crippen molar-refractivity contribution in [2.45, 2.75) is 77.0 Å². The van der Waals surface area contributed by atoms with E-state index in [0.29, 0.717) is 18.0 Å². The van der Waals surface area contributed by atoms with Crippen LogP contribution in [-0.2, 0) is 9.53 Å². The quantitative estimate of drug-likeness (QED) is 0.346. The summed E-state index contributed by atoms with van der Waals surface area (Å²) in [5.41, 5.74) is 2.35. The van der Waals surface area contributed by atoms with Gasteiger partial charge in [0.1, 0.15) is 6.10 Å². The zero-order chi connectivity index (χ0) is 19.7. The summed E-state index contributed by atoms with van der Waals surface area (Å²) in [5, 5.41) is 0. The Bertz CT molecular complexity index is 716. The molecule has 0 radical (unpaired) electrons. The van der Waals surface area contributed by atoms with Crippen LogP contribution in [0.3, 0.4) is 0 Å². The van der Waals surface area contributed by atoms with Crippen molar-refractivity contribution in [3.05, 3.63) is 42.0 Å². The summed E-state index contributed by atoms with van der Waals surface area (Å²) in [6.45, 7) is 5.91. The van der Waals surface area contributed by atoms with Crippen LogP contribution in [0.1, 0.15) is 64.4 Å². The fourth-order valence-electron chi connectivity index (χ4n) is 6.19. The van der Waals surface area contributed by atoms with E-state index in [2.05, 4.69) is 51.2 Å². The van der Waals surface area contributed by atoms with Crippen LogP contribution in [0.2, 0.25) is 0 Å². The Hall–Kier alpha value is -0.880. The number of hydrogen-bond acceptors (Lipinski definition) is 2. The predicted molar refractivity (Wildman–Crippen MR) is 114 cm³/mol. The number of esters is 1. The molecule has 0 spiro atoms. The molecule has 0 saturated carbocycles. The average molecular weight is 509 g/mol. The van der Waals surface area contributed by atoms with Crippen LogP contribution in [0.4, 0.5) is 0 Å². The summed E-state index contributed by atoms with van der Waals surface area (Å²) in [7, 11) is 2.44. The van der Waals surface area contributed by atoms with Crippen LogP contribution in [0, 0.1) is 11.8 Å². The highest BCUT2D eigenvalue weighted by atomic mass is 127. The molecule has 0 aromatic heterocycles. The van der Waals surface area contributed by atoms with Gasteiger partial charge in [-0.1, -0.05) is 50.3 Å². The van der Waals surface area contributed by atoms with Crippen molar-refractivity contribution in [3.8, 4) is 0 Å². The standard InChI is InChI=1S/C25H36NO2.HI/c1-18(2)17-26(3)20-13-14-21(26)16-22(15-20)28-25(27)24-12-8-7-11-23(24)19-9-5-4-6-10-19;/h4-6,9-11,18,20-22,24H,7-8,12-17H2,1-3H3;1H/q+1;/p-1/t20-,21+,22?,24?,26?;. The second-order valence-corrected chi connectivity index (χ2v) is 9.85. The molecule has 1 aromatic carbocycles. The summed E-state index contributed by atoms with van der Waals surface area (Å²) in [4.78, 5) is 13.2. The van der Waals surface area contributed by atoms with Crippen molar-refractivity contribution in [2.24, 2.45) is 11.8 Å². The molecule has 5 atom stereocenters. The first-order chi connectivity index (χ1) is 13.5. The third kappa shape index (κ3) is 4.73. The summed E-state index contributed by atoms with van der Waals surface area (Å²) in [5.74, 6) is 0.638. The van der Waals surface area contributed by atoms with Gasteiger partial charge in [-0.3, -0.25) is 4.79 Å². The SMILES string of the molecule is CC(C)C[N+]1(C)[C@@H]2CC[C@H]1CC(OC(=O)C1CCCC=C1c1ccccc1)C2.[I-]. The summed E-state index contributed by atoms with van der Waals surface area (Å²) in [6.07, 6.45) is 10.1. The first kappa shape index (κ1) is 22.8. The number of hydrogen-bond donors (Lipinski definition) is 0. The van der Waals surface area contributed by atoms with Gasteiger partial charge in [-0.15, -0.1) is 0 Å². The molecule has 1 aromatic rings. The Morgan fingerprint density at radius 3 is 2.38 bits per heavy atom. The zero-order valence-electron chi connectivity index (χ0n) is 18.1. The second-order valence-electron chi connectivity index (χ2n) is 9.85. The summed E-state index contributed by atoms with van der Waals surface area (Å²) in [6, 6.07) is 11.7. The number of ether oxygens (including phenoxy) is 1. The third-order valence-electron chi connectivity index (χ3n) is 7.44. The fraction of sp³-hybridized carbons (Fsp3) is 0.640. The van der Waals surface area contributed by atoms with E-state index >= 15 is 0 Å². The van der Waals surface area contributed by atoms with E-state index in [1.807, 2.05) is 6.07 Å². The molecule has 0 amide bonds. The maximum Gasteiger partial charge on any atom is 0.313 e. The Labute approximate surface area is 193 Å². The van der Waals surface area contributed by atoms with Gasteiger partial charge in [0, 0.05) is 31.6 Å². The highest BCUT2D eigenvalue weighted by molar-refractivity contribution is 5.89. The number of fused-ring (bicyclic) bond motifs is 2. The van der Waals surface area contributed by atoms with Gasteiger partial charge in [-0.25, -0.2) is 0 Å². The van der Waals surface area contributed by atoms with E-state index in [-0.39, 0.29) is 42.0 Å². The van der Waals surface area contributed by atoms with Crippen molar-refractivity contribution in [1.29, 1.82) is 0 Å². The normalized spacial score (nSPS) is 33.7. The maximum atomic E-state index is 13.2. The molecule has 29 heavy (non-hydrogen) atoms. The lowest BCUT2D eigenvalue weighted by molar-refractivity contribution is -0.951.